The molecule has 0 saturated carbocycles. The van der Waals surface area contributed by atoms with Crippen molar-refractivity contribution in [2.75, 3.05) is 53.9 Å². The molecule has 0 heterocycles. The Kier molecular flexibility index (Phi) is 7.34. The first-order chi connectivity index (χ1) is 7.72. The molecule has 0 aromatic carbocycles. The molecule has 0 aromatic rings. The summed E-state index contributed by atoms with van der Waals surface area (Å²) >= 11 is 0. The number of carboxylic acids is 1. The van der Waals surface area contributed by atoms with Gasteiger partial charge in [-0.2, -0.15) is 0 Å². The molecular formula is C12H28N3O2+. The van der Waals surface area contributed by atoms with Crippen molar-refractivity contribution in [3.63, 3.8) is 0 Å². The summed E-state index contributed by atoms with van der Waals surface area (Å²) < 4.78 is 0.950. The van der Waals surface area contributed by atoms with Crippen LogP contribution in [0.15, 0.2) is 0 Å². The zero-order valence-corrected chi connectivity index (χ0v) is 11.9. The van der Waals surface area contributed by atoms with Crippen LogP contribution >= 0.6 is 0 Å². The third-order valence-electron chi connectivity index (χ3n) is 2.64. The maximum absolute atomic E-state index is 10.4. The molecule has 5 heteroatoms. The van der Waals surface area contributed by atoms with E-state index in [0.29, 0.717) is 6.04 Å². The van der Waals surface area contributed by atoms with Crippen LogP contribution in [0.5, 0.6) is 0 Å². The van der Waals surface area contributed by atoms with Crippen molar-refractivity contribution in [1.29, 1.82) is 0 Å². The SMILES string of the molecule is CC(C)N(CCNCC(=O)O)CC[N+](C)(C)C. The molecule has 102 valence electrons. The minimum absolute atomic E-state index is 0.0429. The number of hydrogen-bond donors (Lipinski definition) is 2. The average molecular weight is 246 g/mol. The average Bonchev–Trinajstić information content (AvgIpc) is 2.13. The summed E-state index contributed by atoms with van der Waals surface area (Å²) in [5.41, 5.74) is 0. The van der Waals surface area contributed by atoms with E-state index in [9.17, 15) is 4.79 Å². The van der Waals surface area contributed by atoms with E-state index in [2.05, 4.69) is 45.2 Å². The lowest BCUT2D eigenvalue weighted by Crippen LogP contribution is -2.46. The van der Waals surface area contributed by atoms with E-state index >= 15 is 0 Å². The van der Waals surface area contributed by atoms with E-state index in [4.69, 9.17) is 5.11 Å². The highest BCUT2D eigenvalue weighted by Gasteiger charge is 2.14. The summed E-state index contributed by atoms with van der Waals surface area (Å²) in [4.78, 5) is 12.7. The van der Waals surface area contributed by atoms with Gasteiger partial charge in [-0.3, -0.25) is 9.69 Å². The normalized spacial score (nSPS) is 12.4. The Morgan fingerprint density at radius 3 is 2.29 bits per heavy atom. The fourth-order valence-corrected chi connectivity index (χ4v) is 1.47. The highest BCUT2D eigenvalue weighted by atomic mass is 16.4. The monoisotopic (exact) mass is 246 g/mol. The topological polar surface area (TPSA) is 52.6 Å². The number of aliphatic carboxylic acids is 1. The number of carbonyl (C=O) groups is 1. The highest BCUT2D eigenvalue weighted by Crippen LogP contribution is 1.99. The Labute approximate surface area is 105 Å². The third kappa shape index (κ3) is 10.2. The van der Waals surface area contributed by atoms with Crippen LogP contribution in [-0.4, -0.2) is 80.4 Å². The van der Waals surface area contributed by atoms with Crippen LogP contribution < -0.4 is 5.32 Å². The lowest BCUT2D eigenvalue weighted by Gasteiger charge is -2.31. The van der Waals surface area contributed by atoms with Gasteiger partial charge in [0, 0.05) is 25.7 Å². The molecule has 0 unspecified atom stereocenters. The predicted octanol–water partition coefficient (Wildman–Crippen LogP) is 0.0772. The second-order valence-electron chi connectivity index (χ2n) is 5.71. The molecule has 0 fully saturated rings. The van der Waals surface area contributed by atoms with Crippen LogP contribution in [0.3, 0.4) is 0 Å². The molecule has 0 spiro atoms. The van der Waals surface area contributed by atoms with Crippen LogP contribution in [-0.2, 0) is 4.79 Å². The Morgan fingerprint density at radius 2 is 1.88 bits per heavy atom. The molecule has 0 amide bonds. The maximum Gasteiger partial charge on any atom is 0.317 e. The molecule has 0 aliphatic rings. The van der Waals surface area contributed by atoms with Crippen LogP contribution in [0.25, 0.3) is 0 Å². The molecule has 0 rings (SSSR count). The van der Waals surface area contributed by atoms with Gasteiger partial charge in [0.15, 0.2) is 0 Å². The Bertz CT molecular complexity index is 224. The van der Waals surface area contributed by atoms with Gasteiger partial charge < -0.3 is 14.9 Å². The first kappa shape index (κ1) is 16.4. The van der Waals surface area contributed by atoms with Crippen LogP contribution in [0.2, 0.25) is 0 Å². The van der Waals surface area contributed by atoms with Gasteiger partial charge >= 0.3 is 5.97 Å². The molecule has 0 radical (unpaired) electrons. The smallest absolute Gasteiger partial charge is 0.317 e. The largest absolute Gasteiger partial charge is 0.480 e. The summed E-state index contributed by atoms with van der Waals surface area (Å²) in [7, 11) is 6.55. The minimum atomic E-state index is -0.799. The quantitative estimate of drug-likeness (QED) is 0.447. The molecular weight excluding hydrogens is 218 g/mol. The second kappa shape index (κ2) is 7.63. The van der Waals surface area contributed by atoms with E-state index in [1.165, 1.54) is 0 Å². The predicted molar refractivity (Wildman–Crippen MR) is 70.1 cm³/mol. The van der Waals surface area contributed by atoms with Gasteiger partial charge in [-0.15, -0.1) is 0 Å². The zero-order chi connectivity index (χ0) is 13.5. The molecule has 2 N–H and O–H groups in total. The van der Waals surface area contributed by atoms with E-state index in [1.54, 1.807) is 0 Å². The van der Waals surface area contributed by atoms with Gasteiger partial charge in [0.1, 0.15) is 0 Å². The highest BCUT2D eigenvalue weighted by molar-refractivity contribution is 5.68. The second-order valence-corrected chi connectivity index (χ2v) is 5.71. The fraction of sp³-hybridized carbons (Fsp3) is 0.917. The summed E-state index contributed by atoms with van der Waals surface area (Å²) in [5.74, 6) is -0.799. The van der Waals surface area contributed by atoms with Crippen molar-refractivity contribution in [2.45, 2.75) is 19.9 Å². The number of carboxylic acid groups (broad SMARTS) is 1. The molecule has 0 bridgehead atoms. The third-order valence-corrected chi connectivity index (χ3v) is 2.64. The molecule has 17 heavy (non-hydrogen) atoms. The first-order valence-electron chi connectivity index (χ1n) is 6.19. The molecule has 0 saturated heterocycles. The van der Waals surface area contributed by atoms with E-state index in [0.717, 1.165) is 30.7 Å². The van der Waals surface area contributed by atoms with Gasteiger partial charge in [-0.05, 0) is 13.8 Å². The van der Waals surface area contributed by atoms with Crippen molar-refractivity contribution >= 4 is 5.97 Å². The number of quaternary nitrogens is 1. The lowest BCUT2D eigenvalue weighted by atomic mass is 10.3. The zero-order valence-electron chi connectivity index (χ0n) is 11.9. The molecule has 0 aliphatic carbocycles. The molecule has 0 aromatic heterocycles. The van der Waals surface area contributed by atoms with E-state index in [-0.39, 0.29) is 6.54 Å². The summed E-state index contributed by atoms with van der Waals surface area (Å²) in [5, 5.41) is 11.4. The van der Waals surface area contributed by atoms with Crippen LogP contribution in [0.1, 0.15) is 13.8 Å². The fourth-order valence-electron chi connectivity index (χ4n) is 1.47. The van der Waals surface area contributed by atoms with Crippen LogP contribution in [0, 0.1) is 0 Å². The van der Waals surface area contributed by atoms with Crippen LogP contribution in [0.4, 0.5) is 0 Å². The van der Waals surface area contributed by atoms with Gasteiger partial charge in [-0.1, -0.05) is 0 Å². The van der Waals surface area contributed by atoms with Crippen molar-refractivity contribution < 1.29 is 14.4 Å². The van der Waals surface area contributed by atoms with Gasteiger partial charge in [0.2, 0.25) is 0 Å². The molecule has 5 nitrogen and oxygen atoms in total. The number of likely N-dealkylation sites (N-methyl/N-ethyl adjacent to an activating group) is 1. The van der Waals surface area contributed by atoms with Gasteiger partial charge in [-0.25, -0.2) is 0 Å². The Balaban J connectivity index is 3.87. The Morgan fingerprint density at radius 1 is 1.29 bits per heavy atom. The van der Waals surface area contributed by atoms with Gasteiger partial charge in [0.25, 0.3) is 0 Å². The minimum Gasteiger partial charge on any atom is -0.480 e. The van der Waals surface area contributed by atoms with E-state index in [1.807, 2.05) is 0 Å². The van der Waals surface area contributed by atoms with Gasteiger partial charge in [0.05, 0.1) is 34.2 Å². The summed E-state index contributed by atoms with van der Waals surface area (Å²) in [6.45, 7) is 8.14. The number of rotatable bonds is 9. The number of nitrogens with one attached hydrogen (secondary N) is 1. The first-order valence-corrected chi connectivity index (χ1v) is 6.19. The van der Waals surface area contributed by atoms with Crippen molar-refractivity contribution in [3.05, 3.63) is 0 Å². The number of hydrogen-bond acceptors (Lipinski definition) is 3. The van der Waals surface area contributed by atoms with Crippen molar-refractivity contribution in [3.8, 4) is 0 Å². The van der Waals surface area contributed by atoms with Crippen molar-refractivity contribution in [1.82, 2.24) is 10.2 Å². The molecule has 0 aliphatic heterocycles. The van der Waals surface area contributed by atoms with Crippen molar-refractivity contribution in [2.24, 2.45) is 0 Å². The maximum atomic E-state index is 10.4. The summed E-state index contributed by atoms with van der Waals surface area (Å²) in [6, 6.07) is 0.494. The molecule has 0 atom stereocenters. The number of nitrogens with zero attached hydrogens (tertiary/aromatic N) is 2. The van der Waals surface area contributed by atoms with E-state index < -0.39 is 5.97 Å². The Hall–Kier alpha value is -0.650. The summed E-state index contributed by atoms with van der Waals surface area (Å²) in [6.07, 6.45) is 0. The standard InChI is InChI=1S/C12H27N3O2/c1-11(2)14(8-9-15(3,4)5)7-6-13-10-12(16)17/h11,13H,6-10H2,1-5H3/p+1. The lowest BCUT2D eigenvalue weighted by molar-refractivity contribution is -0.869.